The summed E-state index contributed by atoms with van der Waals surface area (Å²) < 4.78 is 6.56. The van der Waals surface area contributed by atoms with Crippen LogP contribution in [0.25, 0.3) is 0 Å². The number of allylic oxidation sites excluding steroid dienone is 4. The summed E-state index contributed by atoms with van der Waals surface area (Å²) in [5.74, 6) is 0.646. The van der Waals surface area contributed by atoms with Crippen LogP contribution in [-0.4, -0.2) is 0 Å². The van der Waals surface area contributed by atoms with Crippen LogP contribution < -0.4 is 5.73 Å². The SMILES string of the molecule is C\C=C(Br)/C=C\C(=C/N)OCc1ccccc1. The minimum Gasteiger partial charge on any atom is -0.487 e. The number of halogens is 1. The molecule has 3 heteroatoms. The Kier molecular flexibility index (Phi) is 6.18. The predicted molar refractivity (Wildman–Crippen MR) is 75.3 cm³/mol. The third kappa shape index (κ3) is 5.41. The molecular formula is C14H16BrNO. The highest BCUT2D eigenvalue weighted by Crippen LogP contribution is 2.10. The quantitative estimate of drug-likeness (QED) is 0.661. The molecule has 0 aromatic heterocycles. The molecule has 0 aliphatic carbocycles. The van der Waals surface area contributed by atoms with Crippen molar-refractivity contribution in [3.05, 3.63) is 70.6 Å². The molecule has 2 nitrogen and oxygen atoms in total. The largest absolute Gasteiger partial charge is 0.487 e. The van der Waals surface area contributed by atoms with E-state index >= 15 is 0 Å². The lowest BCUT2D eigenvalue weighted by Crippen LogP contribution is -1.94. The third-order valence-electron chi connectivity index (χ3n) is 2.10. The van der Waals surface area contributed by atoms with Gasteiger partial charge in [-0.3, -0.25) is 0 Å². The number of nitrogens with two attached hydrogens (primary N) is 1. The maximum absolute atomic E-state index is 5.57. The summed E-state index contributed by atoms with van der Waals surface area (Å²) in [4.78, 5) is 0. The van der Waals surface area contributed by atoms with Crippen LogP contribution >= 0.6 is 15.9 Å². The maximum atomic E-state index is 5.57. The lowest BCUT2D eigenvalue weighted by Gasteiger charge is -2.06. The lowest BCUT2D eigenvalue weighted by molar-refractivity contribution is 0.210. The van der Waals surface area contributed by atoms with Crippen LogP contribution in [-0.2, 0) is 11.3 Å². The Morgan fingerprint density at radius 3 is 2.59 bits per heavy atom. The first-order valence-electron chi connectivity index (χ1n) is 5.34. The zero-order valence-corrected chi connectivity index (χ0v) is 11.4. The normalized spacial score (nSPS) is 13.1. The summed E-state index contributed by atoms with van der Waals surface area (Å²) >= 11 is 3.38. The van der Waals surface area contributed by atoms with Crippen LogP contribution in [0.5, 0.6) is 0 Å². The van der Waals surface area contributed by atoms with Crippen LogP contribution in [0.4, 0.5) is 0 Å². The molecule has 0 heterocycles. The first-order valence-corrected chi connectivity index (χ1v) is 6.14. The molecule has 2 N–H and O–H groups in total. The van der Waals surface area contributed by atoms with Crippen molar-refractivity contribution in [2.24, 2.45) is 5.73 Å². The fourth-order valence-electron chi connectivity index (χ4n) is 1.15. The van der Waals surface area contributed by atoms with Crippen molar-refractivity contribution < 1.29 is 4.74 Å². The van der Waals surface area contributed by atoms with Crippen LogP contribution in [0.15, 0.2) is 65.0 Å². The molecule has 0 saturated heterocycles. The molecule has 1 aromatic rings. The van der Waals surface area contributed by atoms with Gasteiger partial charge in [0.05, 0.1) is 0 Å². The average molecular weight is 294 g/mol. The highest BCUT2D eigenvalue weighted by Gasteiger charge is 1.95. The van der Waals surface area contributed by atoms with Gasteiger partial charge in [-0.25, -0.2) is 0 Å². The number of rotatable bonds is 5. The first kappa shape index (κ1) is 13.6. The molecule has 90 valence electrons. The summed E-state index contributed by atoms with van der Waals surface area (Å²) in [7, 11) is 0. The predicted octanol–water partition coefficient (Wildman–Crippen LogP) is 3.86. The molecule has 0 unspecified atom stereocenters. The maximum Gasteiger partial charge on any atom is 0.135 e. The Labute approximate surface area is 111 Å². The summed E-state index contributed by atoms with van der Waals surface area (Å²) in [6, 6.07) is 9.97. The molecule has 0 spiro atoms. The van der Waals surface area contributed by atoms with E-state index in [0.29, 0.717) is 12.4 Å². The molecule has 0 radical (unpaired) electrons. The second-order valence-corrected chi connectivity index (χ2v) is 4.27. The fourth-order valence-corrected chi connectivity index (χ4v) is 1.28. The number of hydrogen-bond donors (Lipinski definition) is 1. The molecule has 0 aliphatic heterocycles. The van der Waals surface area contributed by atoms with Crippen LogP contribution in [0.1, 0.15) is 12.5 Å². The van der Waals surface area contributed by atoms with E-state index in [4.69, 9.17) is 10.5 Å². The van der Waals surface area contributed by atoms with Gasteiger partial charge >= 0.3 is 0 Å². The van der Waals surface area contributed by atoms with Gasteiger partial charge < -0.3 is 10.5 Å². The van der Waals surface area contributed by atoms with Crippen molar-refractivity contribution in [1.82, 2.24) is 0 Å². The summed E-state index contributed by atoms with van der Waals surface area (Å²) in [6.07, 6.45) is 7.12. The minimum absolute atomic E-state index is 0.516. The van der Waals surface area contributed by atoms with Gasteiger partial charge in [0.15, 0.2) is 0 Å². The van der Waals surface area contributed by atoms with Gasteiger partial charge in [0, 0.05) is 10.7 Å². The van der Waals surface area contributed by atoms with E-state index in [9.17, 15) is 0 Å². The van der Waals surface area contributed by atoms with Crippen molar-refractivity contribution >= 4 is 15.9 Å². The van der Waals surface area contributed by atoms with E-state index in [1.807, 2.05) is 55.5 Å². The minimum atomic E-state index is 0.516. The van der Waals surface area contributed by atoms with Gasteiger partial charge in [-0.2, -0.15) is 0 Å². The molecule has 1 rings (SSSR count). The molecule has 0 amide bonds. The summed E-state index contributed by atoms with van der Waals surface area (Å²) in [5.41, 5.74) is 6.61. The Hall–Kier alpha value is -1.48. The second kappa shape index (κ2) is 7.74. The van der Waals surface area contributed by atoms with Gasteiger partial charge in [0.2, 0.25) is 0 Å². The van der Waals surface area contributed by atoms with Crippen molar-refractivity contribution in [2.75, 3.05) is 0 Å². The van der Waals surface area contributed by atoms with E-state index in [-0.39, 0.29) is 0 Å². The van der Waals surface area contributed by atoms with E-state index in [1.54, 1.807) is 0 Å². The van der Waals surface area contributed by atoms with Crippen LogP contribution in [0.2, 0.25) is 0 Å². The molecule has 0 atom stereocenters. The first-order chi connectivity index (χ1) is 8.26. The molecule has 0 aliphatic rings. The van der Waals surface area contributed by atoms with Crippen molar-refractivity contribution in [3.63, 3.8) is 0 Å². The lowest BCUT2D eigenvalue weighted by atomic mass is 10.2. The molecule has 17 heavy (non-hydrogen) atoms. The van der Waals surface area contributed by atoms with E-state index in [2.05, 4.69) is 15.9 Å². The third-order valence-corrected chi connectivity index (χ3v) is 2.82. The zero-order chi connectivity index (χ0) is 12.5. The topological polar surface area (TPSA) is 35.2 Å². The molecule has 0 bridgehead atoms. The van der Waals surface area contributed by atoms with Crippen LogP contribution in [0, 0.1) is 0 Å². The van der Waals surface area contributed by atoms with Gasteiger partial charge in [0.25, 0.3) is 0 Å². The van der Waals surface area contributed by atoms with Gasteiger partial charge in [0.1, 0.15) is 12.4 Å². The van der Waals surface area contributed by atoms with Crippen molar-refractivity contribution in [3.8, 4) is 0 Å². The summed E-state index contributed by atoms with van der Waals surface area (Å²) in [6.45, 7) is 2.47. The highest BCUT2D eigenvalue weighted by molar-refractivity contribution is 9.11. The van der Waals surface area contributed by atoms with E-state index in [0.717, 1.165) is 10.0 Å². The number of hydrogen-bond acceptors (Lipinski definition) is 2. The Bertz CT molecular complexity index is 421. The Balaban J connectivity index is 2.52. The second-order valence-electron chi connectivity index (χ2n) is 3.35. The smallest absolute Gasteiger partial charge is 0.135 e. The van der Waals surface area contributed by atoms with Crippen LogP contribution in [0.3, 0.4) is 0 Å². The van der Waals surface area contributed by atoms with Gasteiger partial charge in [-0.15, -0.1) is 0 Å². The number of benzene rings is 1. The van der Waals surface area contributed by atoms with E-state index in [1.165, 1.54) is 6.20 Å². The molecular weight excluding hydrogens is 278 g/mol. The standard InChI is InChI=1S/C14H16BrNO/c1-2-13(15)8-9-14(10-16)17-11-12-6-4-3-5-7-12/h2-10H,11,16H2,1H3/b9-8-,13-2+,14-10+. The van der Waals surface area contributed by atoms with Crippen molar-refractivity contribution in [1.29, 1.82) is 0 Å². The Morgan fingerprint density at radius 1 is 1.29 bits per heavy atom. The van der Waals surface area contributed by atoms with Gasteiger partial charge in [-0.05, 0) is 24.6 Å². The molecule has 0 saturated carbocycles. The van der Waals surface area contributed by atoms with Gasteiger partial charge in [-0.1, -0.05) is 52.3 Å². The fraction of sp³-hybridized carbons (Fsp3) is 0.143. The molecule has 0 fully saturated rings. The zero-order valence-electron chi connectivity index (χ0n) is 9.77. The number of ether oxygens (including phenoxy) is 1. The van der Waals surface area contributed by atoms with Crippen molar-refractivity contribution in [2.45, 2.75) is 13.5 Å². The summed E-state index contributed by atoms with van der Waals surface area (Å²) in [5, 5.41) is 0. The Morgan fingerprint density at radius 2 is 2.00 bits per heavy atom. The molecule has 1 aromatic carbocycles. The average Bonchev–Trinajstić information content (AvgIpc) is 2.39. The monoisotopic (exact) mass is 293 g/mol. The highest BCUT2D eigenvalue weighted by atomic mass is 79.9. The van der Waals surface area contributed by atoms with E-state index < -0.39 is 0 Å².